The molecule has 178 valence electrons. The highest BCUT2D eigenvalue weighted by atomic mass is 32.2. The van der Waals surface area contributed by atoms with Gasteiger partial charge in [0, 0.05) is 53.7 Å². The molecule has 3 heterocycles. The third-order valence-electron chi connectivity index (χ3n) is 6.64. The van der Waals surface area contributed by atoms with E-state index in [9.17, 15) is 8.76 Å². The van der Waals surface area contributed by atoms with Crippen LogP contribution in [0.15, 0.2) is 60.9 Å². The molecule has 1 saturated heterocycles. The molecule has 0 radical (unpaired) electrons. The Morgan fingerprint density at radius 3 is 2.56 bits per heavy atom. The van der Waals surface area contributed by atoms with E-state index in [1.165, 1.54) is 10.9 Å². The Labute approximate surface area is 202 Å². The second-order valence-corrected chi connectivity index (χ2v) is 9.74. The van der Waals surface area contributed by atoms with Crippen molar-refractivity contribution in [2.24, 2.45) is 13.0 Å². The minimum Gasteiger partial charge on any atom is -0.755 e. The Kier molecular flexibility index (Phi) is 6.80. The summed E-state index contributed by atoms with van der Waals surface area (Å²) in [4.78, 5) is 7.32. The second kappa shape index (κ2) is 10.1. The number of aryl methyl sites for hydroxylation is 1. The maximum absolute atomic E-state index is 10.7. The SMILES string of the molecule is Cn1cc2c(OCC3CCN(CCc4ccc(NS(=O)[O-])cc4)CC3)nc3ccccc3c2c1. The van der Waals surface area contributed by atoms with Gasteiger partial charge in [-0.15, -0.1) is 0 Å². The standard InChI is InChI=1S/C26H30N4O3S/c1-29-16-23-22-4-2-3-5-25(22)27-26(24(23)17-29)33-18-20-11-14-30(15-12-20)13-10-19-6-8-21(9-7-19)28-34(31)32/h2-9,16-17,20,28H,10-15,18H2,1H3,(H,31,32)/p-1. The van der Waals surface area contributed by atoms with E-state index in [4.69, 9.17) is 9.72 Å². The van der Waals surface area contributed by atoms with E-state index in [2.05, 4.69) is 38.7 Å². The summed E-state index contributed by atoms with van der Waals surface area (Å²) in [7, 11) is 2.04. The number of nitrogens with zero attached hydrogens (tertiary/aromatic N) is 3. The summed E-state index contributed by atoms with van der Waals surface area (Å²) in [6.45, 7) is 3.83. The second-order valence-electron chi connectivity index (χ2n) is 9.06. The minimum atomic E-state index is -2.28. The summed E-state index contributed by atoms with van der Waals surface area (Å²) < 4.78 is 32.2. The predicted molar refractivity (Wildman–Crippen MR) is 136 cm³/mol. The van der Waals surface area contributed by atoms with Crippen LogP contribution >= 0.6 is 0 Å². The Morgan fingerprint density at radius 2 is 1.79 bits per heavy atom. The number of aromatic nitrogens is 2. The zero-order chi connectivity index (χ0) is 23.5. The number of piperidine rings is 1. The highest BCUT2D eigenvalue weighted by Crippen LogP contribution is 2.32. The lowest BCUT2D eigenvalue weighted by atomic mass is 9.97. The van der Waals surface area contributed by atoms with Crippen LogP contribution in [0.1, 0.15) is 18.4 Å². The Morgan fingerprint density at radius 1 is 1.06 bits per heavy atom. The van der Waals surface area contributed by atoms with Gasteiger partial charge in [-0.3, -0.25) is 4.21 Å². The van der Waals surface area contributed by atoms with Crippen LogP contribution < -0.4 is 9.46 Å². The number of para-hydroxylation sites is 1. The van der Waals surface area contributed by atoms with Gasteiger partial charge in [0.15, 0.2) is 0 Å². The molecule has 2 aromatic carbocycles. The maximum Gasteiger partial charge on any atom is 0.223 e. The van der Waals surface area contributed by atoms with Crippen LogP contribution in [0.2, 0.25) is 0 Å². The largest absolute Gasteiger partial charge is 0.755 e. The van der Waals surface area contributed by atoms with Crippen LogP contribution in [-0.2, 0) is 24.7 Å². The molecule has 2 aromatic heterocycles. The normalized spacial score (nSPS) is 16.2. The Hall–Kier alpha value is -2.94. The molecule has 7 nitrogen and oxygen atoms in total. The first-order chi connectivity index (χ1) is 16.5. The van der Waals surface area contributed by atoms with Gasteiger partial charge in [0.25, 0.3) is 0 Å². The molecule has 8 heteroatoms. The quantitative estimate of drug-likeness (QED) is 0.383. The van der Waals surface area contributed by atoms with E-state index >= 15 is 0 Å². The van der Waals surface area contributed by atoms with Gasteiger partial charge in [0.05, 0.1) is 17.5 Å². The summed E-state index contributed by atoms with van der Waals surface area (Å²) in [6.07, 6.45) is 7.41. The maximum atomic E-state index is 10.7. The molecule has 5 rings (SSSR count). The number of fused-ring (bicyclic) bond motifs is 3. The summed E-state index contributed by atoms with van der Waals surface area (Å²) in [5.41, 5.74) is 2.77. The molecule has 1 fully saturated rings. The molecule has 1 aliphatic heterocycles. The number of hydrogen-bond acceptors (Lipinski definition) is 5. The van der Waals surface area contributed by atoms with Crippen LogP contribution in [0.4, 0.5) is 5.69 Å². The van der Waals surface area contributed by atoms with Gasteiger partial charge in [-0.2, -0.15) is 0 Å². The highest BCUT2D eigenvalue weighted by Gasteiger charge is 2.20. The van der Waals surface area contributed by atoms with Gasteiger partial charge in [-0.25, -0.2) is 4.98 Å². The van der Waals surface area contributed by atoms with Crippen molar-refractivity contribution < 1.29 is 13.5 Å². The molecule has 0 saturated carbocycles. The molecule has 34 heavy (non-hydrogen) atoms. The first-order valence-corrected chi connectivity index (χ1v) is 12.8. The van der Waals surface area contributed by atoms with E-state index in [1.54, 1.807) is 12.1 Å². The number of hydrogen-bond donors (Lipinski definition) is 1. The predicted octanol–water partition coefficient (Wildman–Crippen LogP) is 4.27. The van der Waals surface area contributed by atoms with Crippen molar-refractivity contribution in [1.82, 2.24) is 14.5 Å². The number of ether oxygens (including phenoxy) is 1. The van der Waals surface area contributed by atoms with E-state index in [-0.39, 0.29) is 0 Å². The average Bonchev–Trinajstić information content (AvgIpc) is 3.24. The van der Waals surface area contributed by atoms with Gasteiger partial charge in [0.2, 0.25) is 5.88 Å². The van der Waals surface area contributed by atoms with E-state index in [1.807, 2.05) is 31.3 Å². The number of rotatable bonds is 8. The summed E-state index contributed by atoms with van der Waals surface area (Å²) in [5, 5.41) is 3.41. The molecule has 0 bridgehead atoms. The molecule has 1 aliphatic rings. The topological polar surface area (TPSA) is 82.5 Å². The highest BCUT2D eigenvalue weighted by molar-refractivity contribution is 7.80. The van der Waals surface area contributed by atoms with Crippen molar-refractivity contribution in [1.29, 1.82) is 0 Å². The fourth-order valence-corrected chi connectivity index (χ4v) is 5.07. The third-order valence-corrected chi connectivity index (χ3v) is 7.04. The Bertz CT molecular complexity index is 1300. The monoisotopic (exact) mass is 477 g/mol. The average molecular weight is 478 g/mol. The lowest BCUT2D eigenvalue weighted by molar-refractivity contribution is 0.141. The lowest BCUT2D eigenvalue weighted by Crippen LogP contribution is -2.36. The molecule has 1 N–H and O–H groups in total. The van der Waals surface area contributed by atoms with Crippen LogP contribution in [0.5, 0.6) is 5.88 Å². The van der Waals surface area contributed by atoms with Crippen LogP contribution in [0.3, 0.4) is 0 Å². The molecule has 0 spiro atoms. The number of likely N-dealkylation sites (tertiary alicyclic amines) is 1. The van der Waals surface area contributed by atoms with Crippen LogP contribution in [0, 0.1) is 5.92 Å². The first kappa shape index (κ1) is 22.8. The molecular formula is C26H29N4O3S-. The first-order valence-electron chi connectivity index (χ1n) is 11.7. The van der Waals surface area contributed by atoms with Crippen molar-refractivity contribution in [3.63, 3.8) is 0 Å². The third kappa shape index (κ3) is 5.24. The number of pyridine rings is 1. The van der Waals surface area contributed by atoms with E-state index < -0.39 is 11.3 Å². The van der Waals surface area contributed by atoms with Crippen molar-refractivity contribution in [2.45, 2.75) is 19.3 Å². The molecule has 0 aliphatic carbocycles. The van der Waals surface area contributed by atoms with Gasteiger partial charge in [-0.05, 0) is 62.0 Å². The van der Waals surface area contributed by atoms with Gasteiger partial charge < -0.3 is 23.5 Å². The number of benzene rings is 2. The molecule has 1 unspecified atom stereocenters. The molecule has 1 atom stereocenters. The van der Waals surface area contributed by atoms with Gasteiger partial charge in [0.1, 0.15) is 0 Å². The fourth-order valence-electron chi connectivity index (χ4n) is 4.74. The zero-order valence-electron chi connectivity index (χ0n) is 19.3. The zero-order valence-corrected chi connectivity index (χ0v) is 20.1. The van der Waals surface area contributed by atoms with Crippen molar-refractivity contribution in [2.75, 3.05) is 31.0 Å². The lowest BCUT2D eigenvalue weighted by Gasteiger charge is -2.31. The summed E-state index contributed by atoms with van der Waals surface area (Å²) in [5.74, 6) is 1.26. The van der Waals surface area contributed by atoms with E-state index in [0.29, 0.717) is 18.2 Å². The van der Waals surface area contributed by atoms with Crippen LogP contribution in [0.25, 0.3) is 21.7 Å². The Balaban J connectivity index is 1.13. The number of anilines is 1. The van der Waals surface area contributed by atoms with Crippen molar-refractivity contribution >= 4 is 38.6 Å². The smallest absolute Gasteiger partial charge is 0.223 e. The van der Waals surface area contributed by atoms with Gasteiger partial charge >= 0.3 is 0 Å². The number of nitrogens with one attached hydrogen (secondary N) is 1. The van der Waals surface area contributed by atoms with Gasteiger partial charge in [-0.1, -0.05) is 30.3 Å². The van der Waals surface area contributed by atoms with Crippen LogP contribution in [-0.4, -0.2) is 49.5 Å². The molecule has 4 aromatic rings. The van der Waals surface area contributed by atoms with E-state index in [0.717, 1.165) is 61.1 Å². The molecule has 0 amide bonds. The molecular weight excluding hydrogens is 448 g/mol. The fraction of sp³-hybridized carbons (Fsp3) is 0.346. The summed E-state index contributed by atoms with van der Waals surface area (Å²) >= 11 is -2.28. The minimum absolute atomic E-state index is 0.529. The van der Waals surface area contributed by atoms with Crippen molar-refractivity contribution in [3.05, 3.63) is 66.5 Å². The van der Waals surface area contributed by atoms with Crippen molar-refractivity contribution in [3.8, 4) is 5.88 Å². The summed E-state index contributed by atoms with van der Waals surface area (Å²) in [6, 6.07) is 15.8.